The lowest BCUT2D eigenvalue weighted by molar-refractivity contribution is 0.0925. The maximum atomic E-state index is 11.6. The number of rotatable bonds is 4. The summed E-state index contributed by atoms with van der Waals surface area (Å²) in [6, 6.07) is 7.32. The molecule has 0 fully saturated rings. The van der Waals surface area contributed by atoms with E-state index in [0.29, 0.717) is 12.3 Å². The predicted molar refractivity (Wildman–Crippen MR) is 63.7 cm³/mol. The summed E-state index contributed by atoms with van der Waals surface area (Å²) in [6.45, 7) is 2.40. The Labute approximate surface area is 99.7 Å². The van der Waals surface area contributed by atoms with Gasteiger partial charge < -0.3 is 9.73 Å². The third-order valence-corrected chi connectivity index (χ3v) is 2.41. The maximum absolute atomic E-state index is 11.6. The van der Waals surface area contributed by atoms with Gasteiger partial charge in [0.1, 0.15) is 5.76 Å². The number of hydrogen-bond acceptors (Lipinski definition) is 3. The average molecular weight is 230 g/mol. The molecule has 0 aromatic carbocycles. The molecule has 0 aliphatic carbocycles. The summed E-state index contributed by atoms with van der Waals surface area (Å²) in [5.41, 5.74) is 1.15. The summed E-state index contributed by atoms with van der Waals surface area (Å²) in [5.74, 6) is 0.925. The van der Waals surface area contributed by atoms with E-state index in [0.717, 1.165) is 17.7 Å². The largest absolute Gasteiger partial charge is 0.456 e. The van der Waals surface area contributed by atoms with Crippen LogP contribution in [-0.2, 0) is 6.42 Å². The van der Waals surface area contributed by atoms with Gasteiger partial charge in [-0.05, 0) is 43.2 Å². The highest BCUT2D eigenvalue weighted by molar-refractivity contribution is 5.91. The first-order valence-corrected chi connectivity index (χ1v) is 5.49. The van der Waals surface area contributed by atoms with Crippen LogP contribution in [0.1, 0.15) is 21.9 Å². The number of carbonyl (C=O) groups excluding carboxylic acids is 1. The van der Waals surface area contributed by atoms with Gasteiger partial charge in [-0.2, -0.15) is 0 Å². The van der Waals surface area contributed by atoms with Crippen LogP contribution in [0, 0.1) is 6.92 Å². The molecule has 2 rings (SSSR count). The topological polar surface area (TPSA) is 55.1 Å². The molecule has 0 bridgehead atoms. The lowest BCUT2D eigenvalue weighted by Crippen LogP contribution is -2.25. The molecule has 0 radical (unpaired) electrons. The molecule has 0 saturated carbocycles. The molecule has 2 aromatic rings. The van der Waals surface area contributed by atoms with Gasteiger partial charge in [-0.15, -0.1) is 0 Å². The summed E-state index contributed by atoms with van der Waals surface area (Å²) in [6.07, 6.45) is 4.27. The molecule has 0 spiro atoms. The van der Waals surface area contributed by atoms with Crippen molar-refractivity contribution in [3.05, 3.63) is 53.7 Å². The minimum Gasteiger partial charge on any atom is -0.456 e. The summed E-state index contributed by atoms with van der Waals surface area (Å²) in [7, 11) is 0. The van der Waals surface area contributed by atoms with Crippen LogP contribution in [0.2, 0.25) is 0 Å². The van der Waals surface area contributed by atoms with Crippen molar-refractivity contribution < 1.29 is 9.21 Å². The molecule has 1 N–H and O–H groups in total. The Balaban J connectivity index is 1.81. The quantitative estimate of drug-likeness (QED) is 0.873. The number of furan rings is 1. The fourth-order valence-corrected chi connectivity index (χ4v) is 1.51. The molecule has 0 aliphatic heterocycles. The Bertz CT molecular complexity index is 491. The van der Waals surface area contributed by atoms with Gasteiger partial charge in [0.05, 0.1) is 0 Å². The summed E-state index contributed by atoms with van der Waals surface area (Å²) in [5, 5.41) is 2.81. The van der Waals surface area contributed by atoms with E-state index in [4.69, 9.17) is 4.42 Å². The molecule has 17 heavy (non-hydrogen) atoms. The van der Waals surface area contributed by atoms with E-state index in [1.165, 1.54) is 0 Å². The Kier molecular flexibility index (Phi) is 3.55. The van der Waals surface area contributed by atoms with Crippen LogP contribution in [0.15, 0.2) is 41.1 Å². The second kappa shape index (κ2) is 5.30. The van der Waals surface area contributed by atoms with E-state index in [-0.39, 0.29) is 5.91 Å². The highest BCUT2D eigenvalue weighted by Crippen LogP contribution is 2.05. The van der Waals surface area contributed by atoms with Crippen LogP contribution in [0.25, 0.3) is 0 Å². The van der Waals surface area contributed by atoms with Gasteiger partial charge in [0.2, 0.25) is 0 Å². The van der Waals surface area contributed by atoms with E-state index < -0.39 is 0 Å². The SMILES string of the molecule is Cc1ccc(C(=O)NCCc2ccncc2)o1. The number of amides is 1. The minimum absolute atomic E-state index is 0.174. The van der Waals surface area contributed by atoms with E-state index in [2.05, 4.69) is 10.3 Å². The van der Waals surface area contributed by atoms with Crippen molar-refractivity contribution in [2.45, 2.75) is 13.3 Å². The lowest BCUT2D eigenvalue weighted by Gasteiger charge is -2.02. The number of carbonyl (C=O) groups is 1. The third-order valence-electron chi connectivity index (χ3n) is 2.41. The van der Waals surface area contributed by atoms with E-state index in [1.807, 2.05) is 19.1 Å². The predicted octanol–water partition coefficient (Wildman–Crippen LogP) is 1.96. The zero-order valence-electron chi connectivity index (χ0n) is 9.64. The number of aryl methyl sites for hydroxylation is 1. The first kappa shape index (κ1) is 11.4. The summed E-state index contributed by atoms with van der Waals surface area (Å²) >= 11 is 0. The van der Waals surface area contributed by atoms with Crippen molar-refractivity contribution in [3.8, 4) is 0 Å². The molecule has 0 atom stereocenters. The molecule has 4 nitrogen and oxygen atoms in total. The smallest absolute Gasteiger partial charge is 0.287 e. The van der Waals surface area contributed by atoms with Crippen LogP contribution < -0.4 is 5.32 Å². The zero-order valence-corrected chi connectivity index (χ0v) is 9.64. The summed E-state index contributed by atoms with van der Waals surface area (Å²) < 4.78 is 5.23. The molecule has 88 valence electrons. The van der Waals surface area contributed by atoms with Crippen molar-refractivity contribution in [1.29, 1.82) is 0 Å². The van der Waals surface area contributed by atoms with Gasteiger partial charge in [0, 0.05) is 18.9 Å². The van der Waals surface area contributed by atoms with Crippen LogP contribution in [0.3, 0.4) is 0 Å². The van der Waals surface area contributed by atoms with Gasteiger partial charge in [0.25, 0.3) is 5.91 Å². The standard InChI is InChI=1S/C13H14N2O2/c1-10-2-3-12(17-10)13(16)15-9-6-11-4-7-14-8-5-11/h2-5,7-8H,6,9H2,1H3,(H,15,16). The normalized spacial score (nSPS) is 10.2. The van der Waals surface area contributed by atoms with E-state index in [9.17, 15) is 4.79 Å². The highest BCUT2D eigenvalue weighted by atomic mass is 16.3. The minimum atomic E-state index is -0.174. The van der Waals surface area contributed by atoms with Gasteiger partial charge in [0.15, 0.2) is 5.76 Å². The van der Waals surface area contributed by atoms with Crippen LogP contribution >= 0.6 is 0 Å². The van der Waals surface area contributed by atoms with Gasteiger partial charge in [-0.1, -0.05) is 0 Å². The number of nitrogens with one attached hydrogen (secondary N) is 1. The molecule has 0 aliphatic rings. The summed E-state index contributed by atoms with van der Waals surface area (Å²) in [4.78, 5) is 15.6. The molecule has 4 heteroatoms. The van der Waals surface area contributed by atoms with Gasteiger partial charge in [-0.3, -0.25) is 9.78 Å². The molecule has 2 heterocycles. The third kappa shape index (κ3) is 3.17. The lowest BCUT2D eigenvalue weighted by atomic mass is 10.2. The highest BCUT2D eigenvalue weighted by Gasteiger charge is 2.08. The van der Waals surface area contributed by atoms with E-state index in [1.54, 1.807) is 24.5 Å². The van der Waals surface area contributed by atoms with Crippen LogP contribution in [0.5, 0.6) is 0 Å². The van der Waals surface area contributed by atoms with Crippen LogP contribution in [0.4, 0.5) is 0 Å². The second-order valence-electron chi connectivity index (χ2n) is 3.77. The molecule has 0 unspecified atom stereocenters. The van der Waals surface area contributed by atoms with Crippen molar-refractivity contribution in [1.82, 2.24) is 10.3 Å². The fraction of sp³-hybridized carbons (Fsp3) is 0.231. The zero-order chi connectivity index (χ0) is 12.1. The number of nitrogens with zero attached hydrogens (tertiary/aromatic N) is 1. The number of hydrogen-bond donors (Lipinski definition) is 1. The maximum Gasteiger partial charge on any atom is 0.287 e. The first-order chi connectivity index (χ1) is 8.25. The Morgan fingerprint density at radius 3 is 2.71 bits per heavy atom. The second-order valence-corrected chi connectivity index (χ2v) is 3.77. The number of pyridine rings is 1. The Morgan fingerprint density at radius 1 is 1.29 bits per heavy atom. The van der Waals surface area contributed by atoms with Crippen LogP contribution in [-0.4, -0.2) is 17.4 Å². The van der Waals surface area contributed by atoms with Crippen molar-refractivity contribution >= 4 is 5.91 Å². The molecule has 0 saturated heterocycles. The number of aromatic nitrogens is 1. The molecular weight excluding hydrogens is 216 g/mol. The monoisotopic (exact) mass is 230 g/mol. The van der Waals surface area contributed by atoms with Crippen molar-refractivity contribution in [2.75, 3.05) is 6.54 Å². The fourth-order valence-electron chi connectivity index (χ4n) is 1.51. The molecule has 1 amide bonds. The van der Waals surface area contributed by atoms with Gasteiger partial charge >= 0.3 is 0 Å². The molecule has 2 aromatic heterocycles. The van der Waals surface area contributed by atoms with Gasteiger partial charge in [-0.25, -0.2) is 0 Å². The Hall–Kier alpha value is -2.10. The Morgan fingerprint density at radius 2 is 2.06 bits per heavy atom. The molecular formula is C13H14N2O2. The average Bonchev–Trinajstić information content (AvgIpc) is 2.77. The van der Waals surface area contributed by atoms with Crippen molar-refractivity contribution in [2.24, 2.45) is 0 Å². The van der Waals surface area contributed by atoms with E-state index >= 15 is 0 Å². The first-order valence-electron chi connectivity index (χ1n) is 5.49. The van der Waals surface area contributed by atoms with Crippen molar-refractivity contribution in [3.63, 3.8) is 0 Å².